The quantitative estimate of drug-likeness (QED) is 0.308. The molecule has 6 atom stereocenters. The van der Waals surface area contributed by atoms with Crippen molar-refractivity contribution in [2.45, 2.75) is 79.7 Å². The highest BCUT2D eigenvalue weighted by Crippen LogP contribution is 2.51. The number of para-hydroxylation sites is 1. The lowest BCUT2D eigenvalue weighted by molar-refractivity contribution is -0.161. The Morgan fingerprint density at radius 3 is 2.50 bits per heavy atom. The maximum atomic E-state index is 13.8. The van der Waals surface area contributed by atoms with Crippen molar-refractivity contribution in [1.29, 1.82) is 0 Å². The number of carboxylic acid groups (broad SMARTS) is 1. The number of hydrogen-bond acceptors (Lipinski definition) is 7. The van der Waals surface area contributed by atoms with Crippen LogP contribution in [0.2, 0.25) is 0 Å². The molecule has 6 unspecified atom stereocenters. The molecule has 3 aromatic rings. The summed E-state index contributed by atoms with van der Waals surface area (Å²) in [7, 11) is 0. The summed E-state index contributed by atoms with van der Waals surface area (Å²) in [6, 6.07) is 8.19. The van der Waals surface area contributed by atoms with E-state index in [2.05, 4.69) is 21.3 Å². The van der Waals surface area contributed by atoms with Gasteiger partial charge in [-0.25, -0.2) is 4.79 Å². The molecule has 2 saturated heterocycles. The highest BCUT2D eigenvalue weighted by molar-refractivity contribution is 8.01. The van der Waals surface area contributed by atoms with Gasteiger partial charge >= 0.3 is 5.97 Å². The summed E-state index contributed by atoms with van der Waals surface area (Å²) in [5.74, 6) is -2.81. The number of β-lactam (4-membered cyclic amide) rings is 1. The number of aliphatic carboxylic acids is 1. The van der Waals surface area contributed by atoms with Gasteiger partial charge < -0.3 is 30.3 Å². The summed E-state index contributed by atoms with van der Waals surface area (Å²) in [5.41, 5.74) is 1.83. The van der Waals surface area contributed by atoms with Crippen molar-refractivity contribution in [1.82, 2.24) is 20.1 Å². The number of carbonyl (C=O) groups excluding carboxylic acids is 3. The minimum absolute atomic E-state index is 0.0398. The van der Waals surface area contributed by atoms with Crippen molar-refractivity contribution in [3.63, 3.8) is 0 Å². The van der Waals surface area contributed by atoms with Crippen molar-refractivity contribution in [2.75, 3.05) is 0 Å². The minimum atomic E-state index is -1.30. The Hall–Kier alpha value is -4.32. The molecular weight excluding hydrogens is 584 g/mol. The van der Waals surface area contributed by atoms with Gasteiger partial charge in [0.2, 0.25) is 17.2 Å². The van der Waals surface area contributed by atoms with Gasteiger partial charge in [-0.2, -0.15) is 0 Å². The van der Waals surface area contributed by atoms with E-state index in [-0.39, 0.29) is 17.4 Å². The van der Waals surface area contributed by atoms with E-state index in [4.69, 9.17) is 0 Å². The number of amides is 3. The summed E-state index contributed by atoms with van der Waals surface area (Å²) in [6.07, 6.45) is 5.76. The number of pyridine rings is 1. The Balaban J connectivity index is 1.19. The molecule has 0 radical (unpaired) electrons. The van der Waals surface area contributed by atoms with Crippen LogP contribution in [0.1, 0.15) is 79.0 Å². The molecule has 4 aliphatic rings. The Morgan fingerprint density at radius 1 is 1.05 bits per heavy atom. The number of aromatic hydroxyl groups is 1. The van der Waals surface area contributed by atoms with Crippen molar-refractivity contribution < 1.29 is 29.4 Å². The Kier molecular flexibility index (Phi) is 6.54. The smallest absolute Gasteiger partial charge is 0.327 e. The molecule has 3 aliphatic heterocycles. The van der Waals surface area contributed by atoms with E-state index < -0.39 is 57.4 Å². The first-order valence-electron chi connectivity index (χ1n) is 14.8. The second-order valence-corrected chi connectivity index (χ2v) is 14.3. The summed E-state index contributed by atoms with van der Waals surface area (Å²) in [4.78, 5) is 67.5. The summed E-state index contributed by atoms with van der Waals surface area (Å²) < 4.78 is 1.28. The van der Waals surface area contributed by atoms with E-state index in [0.29, 0.717) is 16.9 Å². The normalized spacial score (nSPS) is 26.8. The van der Waals surface area contributed by atoms with E-state index in [0.717, 1.165) is 36.8 Å². The van der Waals surface area contributed by atoms with Gasteiger partial charge in [-0.3, -0.25) is 19.2 Å². The van der Waals surface area contributed by atoms with Crippen LogP contribution in [0.3, 0.4) is 0 Å². The zero-order valence-electron chi connectivity index (χ0n) is 24.1. The zero-order chi connectivity index (χ0) is 31.1. The monoisotopic (exact) mass is 616 g/mol. The highest BCUT2D eigenvalue weighted by Gasteiger charge is 2.64. The van der Waals surface area contributed by atoms with Gasteiger partial charge in [-0.1, -0.05) is 37.1 Å². The number of aromatic nitrogens is 1. The number of hydrogen-bond donors (Lipinski definition) is 4. The van der Waals surface area contributed by atoms with Crippen LogP contribution in [0.4, 0.5) is 0 Å². The predicted molar refractivity (Wildman–Crippen MR) is 162 cm³/mol. The number of carbonyl (C=O) groups is 4. The maximum Gasteiger partial charge on any atom is 0.327 e. The van der Waals surface area contributed by atoms with Gasteiger partial charge in [-0.15, -0.1) is 11.8 Å². The number of phenolic OH excluding ortho intramolecular Hbond substituents is 1. The molecule has 1 aliphatic carbocycles. The number of nitrogens with one attached hydrogen (secondary N) is 2. The molecule has 228 valence electrons. The lowest BCUT2D eigenvalue weighted by Gasteiger charge is -2.44. The van der Waals surface area contributed by atoms with E-state index in [1.807, 2.05) is 6.07 Å². The number of phenols is 1. The summed E-state index contributed by atoms with van der Waals surface area (Å²) in [6.45, 7) is 3.48. The molecule has 3 amide bonds. The average molecular weight is 617 g/mol. The topological polar surface area (TPSA) is 158 Å². The number of nitrogens with zero attached hydrogens (tertiary/aromatic N) is 2. The van der Waals surface area contributed by atoms with Gasteiger partial charge in [0.15, 0.2) is 0 Å². The second kappa shape index (κ2) is 10.1. The van der Waals surface area contributed by atoms with Crippen LogP contribution in [0, 0.1) is 0 Å². The number of rotatable bonds is 6. The van der Waals surface area contributed by atoms with Crippen molar-refractivity contribution in [2.24, 2.45) is 0 Å². The third-order valence-electron chi connectivity index (χ3n) is 9.55. The second-order valence-electron chi connectivity index (χ2n) is 12.6. The SMILES string of the molecule is CC1(C)SC2C(NC(=O)C(NC(=O)c3cn4c5c(cccc5c3=O)C3CCCCC34)c3ccc(O)cc3)C(=O)N2C1C(=O)O. The first-order chi connectivity index (χ1) is 21.0. The number of fused-ring (bicyclic) bond motifs is 4. The van der Waals surface area contributed by atoms with Gasteiger partial charge in [0.05, 0.1) is 5.52 Å². The molecule has 1 aromatic heterocycles. The first-order valence-corrected chi connectivity index (χ1v) is 15.7. The Morgan fingerprint density at radius 2 is 1.77 bits per heavy atom. The predicted octanol–water partition coefficient (Wildman–Crippen LogP) is 3.02. The van der Waals surface area contributed by atoms with Crippen molar-refractivity contribution >= 4 is 46.4 Å². The number of thioether (sulfide) groups is 1. The van der Waals surface area contributed by atoms with E-state index in [1.165, 1.54) is 40.9 Å². The van der Waals surface area contributed by atoms with Crippen LogP contribution in [-0.2, 0) is 14.4 Å². The molecule has 2 aromatic carbocycles. The van der Waals surface area contributed by atoms with Crippen LogP contribution in [-0.4, -0.2) is 65.6 Å². The standard InChI is InChI=1S/C32H32N4O7S/c1-32(2)26(31(42)43)36-29(41)23(30(36)44-32)34-28(40)22(15-10-12-16(37)13-11-15)33-27(39)20-14-35-21-9-4-3-6-17(21)18-7-5-8-19(24(18)35)25(20)38/h5,7-8,10-14,17,21-23,26,30,37H,3-4,6,9H2,1-2H3,(H,33,39)(H,34,40)(H,42,43). The average Bonchev–Trinajstić information content (AvgIpc) is 3.46. The van der Waals surface area contributed by atoms with Crippen LogP contribution >= 0.6 is 11.8 Å². The fourth-order valence-electron chi connectivity index (χ4n) is 7.53. The fraction of sp³-hybridized carbons (Fsp3) is 0.406. The van der Waals surface area contributed by atoms with Gasteiger partial charge in [-0.05, 0) is 56.0 Å². The summed E-state index contributed by atoms with van der Waals surface area (Å²) in [5, 5.41) is 24.9. The molecule has 12 heteroatoms. The molecule has 0 spiro atoms. The van der Waals surface area contributed by atoms with Crippen LogP contribution in [0.5, 0.6) is 5.75 Å². The number of carboxylic acids is 1. The lowest BCUT2D eigenvalue weighted by Crippen LogP contribution is -2.71. The van der Waals surface area contributed by atoms with Gasteiger partial charge in [0, 0.05) is 28.3 Å². The fourth-order valence-corrected chi connectivity index (χ4v) is 9.15. The van der Waals surface area contributed by atoms with Crippen LogP contribution < -0.4 is 16.1 Å². The van der Waals surface area contributed by atoms with E-state index in [1.54, 1.807) is 26.1 Å². The lowest BCUT2D eigenvalue weighted by atomic mass is 9.82. The van der Waals surface area contributed by atoms with Crippen molar-refractivity contribution in [3.05, 3.63) is 75.6 Å². The largest absolute Gasteiger partial charge is 0.508 e. The van der Waals surface area contributed by atoms with E-state index >= 15 is 0 Å². The molecule has 1 saturated carbocycles. The first kappa shape index (κ1) is 28.5. The van der Waals surface area contributed by atoms with Crippen LogP contribution in [0.15, 0.2) is 53.5 Å². The molecule has 4 N–H and O–H groups in total. The molecule has 7 rings (SSSR count). The number of benzene rings is 2. The van der Waals surface area contributed by atoms with E-state index in [9.17, 15) is 34.2 Å². The van der Waals surface area contributed by atoms with Gasteiger partial charge in [0.1, 0.15) is 34.8 Å². The van der Waals surface area contributed by atoms with Gasteiger partial charge in [0.25, 0.3) is 5.91 Å². The third kappa shape index (κ3) is 4.21. The maximum absolute atomic E-state index is 13.8. The summed E-state index contributed by atoms with van der Waals surface area (Å²) >= 11 is 1.29. The Bertz CT molecular complexity index is 1800. The van der Waals surface area contributed by atoms with Crippen LogP contribution in [0.25, 0.3) is 10.9 Å². The minimum Gasteiger partial charge on any atom is -0.508 e. The molecule has 4 heterocycles. The zero-order valence-corrected chi connectivity index (χ0v) is 25.0. The highest BCUT2D eigenvalue weighted by atomic mass is 32.2. The van der Waals surface area contributed by atoms with Crippen molar-refractivity contribution in [3.8, 4) is 5.75 Å². The third-order valence-corrected chi connectivity index (χ3v) is 11.1. The Labute approximate surface area is 256 Å². The molecule has 0 bridgehead atoms. The molecular formula is C32H32N4O7S. The molecule has 3 fully saturated rings. The molecule has 11 nitrogen and oxygen atoms in total. The molecule has 44 heavy (non-hydrogen) atoms.